The predicted molar refractivity (Wildman–Crippen MR) is 211 cm³/mol. The summed E-state index contributed by atoms with van der Waals surface area (Å²) >= 11 is 0. The van der Waals surface area contributed by atoms with Gasteiger partial charge in [0.2, 0.25) is 0 Å². The van der Waals surface area contributed by atoms with E-state index in [4.69, 9.17) is 14.2 Å². The van der Waals surface area contributed by atoms with Crippen molar-refractivity contribution in [2.75, 3.05) is 26.4 Å². The number of alkyl halides is 2. The first kappa shape index (κ1) is 48.8. The summed E-state index contributed by atoms with van der Waals surface area (Å²) in [6.45, 7) is 2.44. The Labute approximate surface area is 331 Å². The van der Waals surface area contributed by atoms with E-state index in [0.717, 1.165) is 89.9 Å². The monoisotopic (exact) mass is 794 g/mol. The van der Waals surface area contributed by atoms with Gasteiger partial charge in [-0.1, -0.05) is 142 Å². The summed E-state index contributed by atoms with van der Waals surface area (Å²) < 4.78 is 44.2. The maximum atomic E-state index is 13.7. The highest BCUT2D eigenvalue weighted by Crippen LogP contribution is 2.32. The van der Waals surface area contributed by atoms with Gasteiger partial charge in [-0.2, -0.15) is 0 Å². The van der Waals surface area contributed by atoms with Gasteiger partial charge in [0.25, 0.3) is 0 Å². The quantitative estimate of drug-likeness (QED) is 0.0365. The van der Waals surface area contributed by atoms with Crippen LogP contribution in [0, 0.1) is 5.92 Å². The summed E-state index contributed by atoms with van der Waals surface area (Å²) in [7, 11) is 0. The van der Waals surface area contributed by atoms with E-state index in [1.807, 2.05) is 0 Å². The highest BCUT2D eigenvalue weighted by molar-refractivity contribution is 4.99. The second kappa shape index (κ2) is 28.0. The SMILES string of the molecule is CCCCCCCCCCCCCC[C@@H](O)[C@@H](O)[C@H](COC1OC(CO)C(O)C(O)C1O)NC1(CCCCCCCCCCC2CCC(F)C(F)C2)COC1. The molecule has 7 N–H and O–H groups in total. The van der Waals surface area contributed by atoms with Crippen LogP contribution in [0.4, 0.5) is 8.78 Å². The third-order valence-electron chi connectivity index (χ3n) is 12.5. The minimum absolute atomic E-state index is 0.146. The normalized spacial score (nSPS) is 29.8. The number of hydrogen-bond acceptors (Lipinski definition) is 10. The van der Waals surface area contributed by atoms with E-state index in [1.165, 1.54) is 57.8 Å². The first-order valence-corrected chi connectivity index (χ1v) is 22.5. The molecule has 2 saturated heterocycles. The van der Waals surface area contributed by atoms with Crippen LogP contribution in [-0.4, -0.2) is 124 Å². The van der Waals surface area contributed by atoms with Gasteiger partial charge in [-0.05, 0) is 38.0 Å². The molecular weight excluding hydrogens is 712 g/mol. The van der Waals surface area contributed by atoms with Crippen molar-refractivity contribution < 1.29 is 53.6 Å². The number of unbranched alkanes of at least 4 members (excludes halogenated alkanes) is 18. The maximum Gasteiger partial charge on any atom is 0.186 e. The van der Waals surface area contributed by atoms with E-state index in [-0.39, 0.29) is 6.61 Å². The number of aliphatic hydroxyl groups is 6. The lowest BCUT2D eigenvalue weighted by atomic mass is 9.83. The second-order valence-electron chi connectivity index (χ2n) is 17.4. The Morgan fingerprint density at radius 1 is 0.709 bits per heavy atom. The molecule has 2 aliphatic heterocycles. The molecule has 326 valence electrons. The molecule has 3 aliphatic rings. The first-order chi connectivity index (χ1) is 26.6. The minimum atomic E-state index is -1.58. The fourth-order valence-electron chi connectivity index (χ4n) is 8.68. The van der Waals surface area contributed by atoms with Gasteiger partial charge in [-0.3, -0.25) is 5.32 Å². The Bertz CT molecular complexity index is 950. The van der Waals surface area contributed by atoms with E-state index in [0.29, 0.717) is 38.4 Å². The molecule has 11 atom stereocenters. The van der Waals surface area contributed by atoms with E-state index < -0.39 is 73.4 Å². The molecule has 0 spiro atoms. The van der Waals surface area contributed by atoms with Crippen LogP contribution in [0.3, 0.4) is 0 Å². The summed E-state index contributed by atoms with van der Waals surface area (Å²) in [5.41, 5.74) is -0.403. The average Bonchev–Trinajstić information content (AvgIpc) is 3.16. The lowest BCUT2D eigenvalue weighted by molar-refractivity contribution is -0.303. The van der Waals surface area contributed by atoms with Crippen molar-refractivity contribution in [3.05, 3.63) is 0 Å². The van der Waals surface area contributed by atoms with Crippen molar-refractivity contribution in [3.63, 3.8) is 0 Å². The van der Waals surface area contributed by atoms with Crippen molar-refractivity contribution in [3.8, 4) is 0 Å². The Hall–Kier alpha value is -0.540. The van der Waals surface area contributed by atoms with E-state index in [1.54, 1.807) is 0 Å². The van der Waals surface area contributed by atoms with E-state index >= 15 is 0 Å². The number of aliphatic hydroxyl groups excluding tert-OH is 6. The molecule has 10 nitrogen and oxygen atoms in total. The molecule has 1 saturated carbocycles. The smallest absolute Gasteiger partial charge is 0.186 e. The molecule has 0 bridgehead atoms. The topological polar surface area (TPSA) is 161 Å². The van der Waals surface area contributed by atoms with Crippen molar-refractivity contribution in [1.82, 2.24) is 5.32 Å². The molecule has 3 rings (SSSR count). The van der Waals surface area contributed by atoms with Crippen LogP contribution in [0.5, 0.6) is 0 Å². The standard InChI is InChI=1S/C43H81F2NO9/c1-2-3-4-5-6-7-8-9-10-14-17-20-23-36(48)38(49)35(29-54-42-41(52)40(51)39(50)37(28-47)55-42)46-43(30-53-31-43)26-21-18-15-12-11-13-16-19-22-32-24-25-33(44)34(45)27-32/h32-42,46-52H,2-31H2,1H3/t32?,33?,34?,35-,36+,37?,38-,39?,40?,41?,42?/m0/s1. The van der Waals surface area contributed by atoms with Crippen LogP contribution in [-0.2, 0) is 14.2 Å². The molecule has 0 amide bonds. The zero-order chi connectivity index (χ0) is 39.9. The lowest BCUT2D eigenvalue weighted by Gasteiger charge is -2.46. The summed E-state index contributed by atoms with van der Waals surface area (Å²) in [5, 5.41) is 66.8. The summed E-state index contributed by atoms with van der Waals surface area (Å²) in [5.74, 6) is 0.334. The van der Waals surface area contributed by atoms with Crippen molar-refractivity contribution in [1.29, 1.82) is 0 Å². The number of halogens is 2. The average molecular weight is 794 g/mol. The highest BCUT2D eigenvalue weighted by atomic mass is 19.2. The largest absolute Gasteiger partial charge is 0.394 e. The lowest BCUT2D eigenvalue weighted by Crippen LogP contribution is -2.67. The Kier molecular flexibility index (Phi) is 24.9. The number of ether oxygens (including phenoxy) is 3. The third-order valence-corrected chi connectivity index (χ3v) is 12.5. The van der Waals surface area contributed by atoms with Crippen LogP contribution < -0.4 is 5.32 Å². The van der Waals surface area contributed by atoms with Crippen molar-refractivity contribution in [2.24, 2.45) is 5.92 Å². The molecule has 1 aliphatic carbocycles. The molecular formula is C43H81F2NO9. The summed E-state index contributed by atoms with van der Waals surface area (Å²) in [6.07, 6.45) is 15.4. The van der Waals surface area contributed by atoms with Gasteiger partial charge in [0.05, 0.1) is 50.2 Å². The first-order valence-electron chi connectivity index (χ1n) is 22.5. The molecule has 0 aromatic rings. The zero-order valence-electron chi connectivity index (χ0n) is 34.2. The zero-order valence-corrected chi connectivity index (χ0v) is 34.2. The van der Waals surface area contributed by atoms with Crippen molar-refractivity contribution >= 4 is 0 Å². The Morgan fingerprint density at radius 2 is 1.27 bits per heavy atom. The number of nitrogens with one attached hydrogen (secondary N) is 1. The van der Waals surface area contributed by atoms with Gasteiger partial charge in [-0.25, -0.2) is 8.78 Å². The molecule has 0 radical (unpaired) electrons. The van der Waals surface area contributed by atoms with E-state index in [2.05, 4.69) is 12.2 Å². The minimum Gasteiger partial charge on any atom is -0.394 e. The van der Waals surface area contributed by atoms with E-state index in [9.17, 15) is 39.4 Å². The molecule has 2 heterocycles. The van der Waals surface area contributed by atoms with Gasteiger partial charge in [0.1, 0.15) is 36.8 Å². The van der Waals surface area contributed by atoms with Crippen LogP contribution in [0.2, 0.25) is 0 Å². The molecule has 12 heteroatoms. The third kappa shape index (κ3) is 18.1. The van der Waals surface area contributed by atoms with Gasteiger partial charge in [-0.15, -0.1) is 0 Å². The maximum absolute atomic E-state index is 13.7. The van der Waals surface area contributed by atoms with Crippen LogP contribution in [0.25, 0.3) is 0 Å². The van der Waals surface area contributed by atoms with Gasteiger partial charge in [0, 0.05) is 0 Å². The fraction of sp³-hybridized carbons (Fsp3) is 1.00. The fourth-order valence-corrected chi connectivity index (χ4v) is 8.68. The Morgan fingerprint density at radius 3 is 1.82 bits per heavy atom. The van der Waals surface area contributed by atoms with Gasteiger partial charge >= 0.3 is 0 Å². The number of rotatable bonds is 32. The highest BCUT2D eigenvalue weighted by Gasteiger charge is 2.46. The molecule has 3 fully saturated rings. The van der Waals surface area contributed by atoms with Gasteiger partial charge in [0.15, 0.2) is 6.29 Å². The second-order valence-corrected chi connectivity index (χ2v) is 17.4. The molecule has 0 aromatic carbocycles. The summed E-state index contributed by atoms with van der Waals surface area (Å²) in [4.78, 5) is 0. The molecule has 0 aromatic heterocycles. The van der Waals surface area contributed by atoms with Crippen molar-refractivity contribution in [2.45, 2.75) is 241 Å². The molecule has 8 unspecified atom stereocenters. The summed E-state index contributed by atoms with van der Waals surface area (Å²) in [6, 6.07) is -0.730. The van der Waals surface area contributed by atoms with Crippen LogP contribution in [0.15, 0.2) is 0 Å². The van der Waals surface area contributed by atoms with Crippen LogP contribution >= 0.6 is 0 Å². The number of hydrogen-bond donors (Lipinski definition) is 7. The predicted octanol–water partition coefficient (Wildman–Crippen LogP) is 6.72. The van der Waals surface area contributed by atoms with Crippen LogP contribution in [0.1, 0.15) is 174 Å². The Balaban J connectivity index is 1.40. The molecule has 55 heavy (non-hydrogen) atoms. The van der Waals surface area contributed by atoms with Gasteiger partial charge < -0.3 is 44.8 Å².